The zero-order valence-corrected chi connectivity index (χ0v) is 13.2. The average Bonchev–Trinajstić information content (AvgIpc) is 2.85. The fraction of sp³-hybridized carbons (Fsp3) is 0.400. The van der Waals surface area contributed by atoms with Crippen LogP contribution in [-0.4, -0.2) is 37.5 Å². The van der Waals surface area contributed by atoms with Crippen LogP contribution in [0.3, 0.4) is 0 Å². The first-order valence-electron chi connectivity index (χ1n) is 7.06. The standard InChI is InChI=1S/C15H17N3O3S/c1-8-5-9(2)17-14-11(8)12-13(22-14)15(21)18(7-16-12)4-3-10(20)6-19/h5,7,10,19-20H,3-4,6H2,1-2H3/t10-/m1/s1. The molecule has 0 aliphatic heterocycles. The van der Waals surface area contributed by atoms with Gasteiger partial charge in [0, 0.05) is 17.6 Å². The summed E-state index contributed by atoms with van der Waals surface area (Å²) in [5.41, 5.74) is 2.54. The Hall–Kier alpha value is -1.83. The third-order valence-corrected chi connectivity index (χ3v) is 4.72. The summed E-state index contributed by atoms with van der Waals surface area (Å²) in [4.78, 5) is 22.3. The second-order valence-corrected chi connectivity index (χ2v) is 6.41. The summed E-state index contributed by atoms with van der Waals surface area (Å²) in [6.07, 6.45) is 0.988. The molecular weight excluding hydrogens is 302 g/mol. The lowest BCUT2D eigenvalue weighted by Crippen LogP contribution is -2.23. The first-order chi connectivity index (χ1) is 10.5. The third-order valence-electron chi connectivity index (χ3n) is 3.66. The summed E-state index contributed by atoms with van der Waals surface area (Å²) >= 11 is 1.35. The van der Waals surface area contributed by atoms with Crippen LogP contribution in [0.25, 0.3) is 20.4 Å². The Morgan fingerprint density at radius 2 is 2.18 bits per heavy atom. The zero-order valence-electron chi connectivity index (χ0n) is 12.4. The molecule has 0 fully saturated rings. The highest BCUT2D eigenvalue weighted by Gasteiger charge is 2.15. The van der Waals surface area contributed by atoms with Gasteiger partial charge in [0.1, 0.15) is 9.53 Å². The largest absolute Gasteiger partial charge is 0.394 e. The highest BCUT2D eigenvalue weighted by Crippen LogP contribution is 2.31. The molecule has 3 rings (SSSR count). The maximum absolute atomic E-state index is 12.6. The molecular formula is C15H17N3O3S. The van der Waals surface area contributed by atoms with E-state index in [1.807, 2.05) is 19.9 Å². The van der Waals surface area contributed by atoms with E-state index in [1.54, 1.807) is 0 Å². The molecule has 0 saturated carbocycles. The number of hydrogen-bond acceptors (Lipinski definition) is 6. The Morgan fingerprint density at radius 3 is 2.91 bits per heavy atom. The van der Waals surface area contributed by atoms with E-state index in [9.17, 15) is 9.90 Å². The summed E-state index contributed by atoms with van der Waals surface area (Å²) < 4.78 is 2.05. The number of aryl methyl sites for hydroxylation is 3. The van der Waals surface area contributed by atoms with Gasteiger partial charge in [0.15, 0.2) is 0 Å². The van der Waals surface area contributed by atoms with Crippen molar-refractivity contribution in [3.05, 3.63) is 34.0 Å². The van der Waals surface area contributed by atoms with Crippen molar-refractivity contribution in [1.82, 2.24) is 14.5 Å². The van der Waals surface area contributed by atoms with Gasteiger partial charge in [-0.1, -0.05) is 0 Å². The van der Waals surface area contributed by atoms with Crippen LogP contribution in [-0.2, 0) is 6.54 Å². The van der Waals surface area contributed by atoms with Gasteiger partial charge < -0.3 is 10.2 Å². The Labute approximate surface area is 130 Å². The molecule has 0 aliphatic rings. The van der Waals surface area contributed by atoms with E-state index >= 15 is 0 Å². The smallest absolute Gasteiger partial charge is 0.271 e. The van der Waals surface area contributed by atoms with E-state index in [0.717, 1.165) is 21.5 Å². The molecule has 0 bridgehead atoms. The second kappa shape index (κ2) is 5.75. The predicted octanol–water partition coefficient (Wildman–Crippen LogP) is 1.37. The molecule has 6 nitrogen and oxygen atoms in total. The number of hydrogen-bond donors (Lipinski definition) is 2. The van der Waals surface area contributed by atoms with Crippen LogP contribution < -0.4 is 5.56 Å². The lowest BCUT2D eigenvalue weighted by Gasteiger charge is -2.08. The van der Waals surface area contributed by atoms with Crippen molar-refractivity contribution in [3.8, 4) is 0 Å². The summed E-state index contributed by atoms with van der Waals surface area (Å²) in [5.74, 6) is 0. The number of aliphatic hydroxyl groups is 2. The number of nitrogens with zero attached hydrogens (tertiary/aromatic N) is 3. The normalized spacial score (nSPS) is 13.1. The molecule has 0 spiro atoms. The molecule has 2 N–H and O–H groups in total. The van der Waals surface area contributed by atoms with Crippen LogP contribution in [0.1, 0.15) is 17.7 Å². The summed E-state index contributed by atoms with van der Waals surface area (Å²) in [7, 11) is 0. The molecule has 0 saturated heterocycles. The van der Waals surface area contributed by atoms with Crippen LogP contribution in [0.2, 0.25) is 0 Å². The predicted molar refractivity (Wildman–Crippen MR) is 86.4 cm³/mol. The Bertz CT molecular complexity index is 900. The monoisotopic (exact) mass is 319 g/mol. The van der Waals surface area contributed by atoms with E-state index in [-0.39, 0.29) is 12.2 Å². The van der Waals surface area contributed by atoms with Gasteiger partial charge in [-0.2, -0.15) is 0 Å². The lowest BCUT2D eigenvalue weighted by atomic mass is 10.1. The first-order valence-corrected chi connectivity index (χ1v) is 7.87. The van der Waals surface area contributed by atoms with Crippen molar-refractivity contribution in [2.24, 2.45) is 0 Å². The van der Waals surface area contributed by atoms with E-state index in [1.165, 1.54) is 22.2 Å². The number of rotatable bonds is 4. The summed E-state index contributed by atoms with van der Waals surface area (Å²) in [5, 5.41) is 19.2. The lowest BCUT2D eigenvalue weighted by molar-refractivity contribution is 0.0844. The molecule has 1 atom stereocenters. The minimum Gasteiger partial charge on any atom is -0.394 e. The van der Waals surface area contributed by atoms with E-state index < -0.39 is 6.10 Å². The van der Waals surface area contributed by atoms with Gasteiger partial charge in [-0.3, -0.25) is 9.36 Å². The van der Waals surface area contributed by atoms with Crippen LogP contribution in [0.5, 0.6) is 0 Å². The molecule has 3 aromatic rings. The van der Waals surface area contributed by atoms with Crippen LogP contribution >= 0.6 is 11.3 Å². The topological polar surface area (TPSA) is 88.2 Å². The summed E-state index contributed by atoms with van der Waals surface area (Å²) in [6, 6.07) is 1.99. The molecule has 116 valence electrons. The minimum absolute atomic E-state index is 0.129. The van der Waals surface area contributed by atoms with E-state index in [0.29, 0.717) is 23.2 Å². The van der Waals surface area contributed by atoms with Gasteiger partial charge in [-0.15, -0.1) is 11.3 Å². The number of pyridine rings is 1. The van der Waals surface area contributed by atoms with E-state index in [2.05, 4.69) is 9.97 Å². The van der Waals surface area contributed by atoms with Crippen LogP contribution in [0, 0.1) is 13.8 Å². The van der Waals surface area contributed by atoms with Crippen LogP contribution in [0.15, 0.2) is 17.2 Å². The van der Waals surface area contributed by atoms with Crippen molar-refractivity contribution >= 4 is 31.8 Å². The average molecular weight is 319 g/mol. The molecule has 3 heterocycles. The van der Waals surface area contributed by atoms with Gasteiger partial charge in [0.2, 0.25) is 0 Å². The van der Waals surface area contributed by atoms with Crippen LogP contribution in [0.4, 0.5) is 0 Å². The fourth-order valence-corrected chi connectivity index (χ4v) is 3.74. The fourth-order valence-electron chi connectivity index (χ4n) is 2.54. The highest BCUT2D eigenvalue weighted by atomic mass is 32.1. The Balaban J connectivity index is 2.13. The first kappa shape index (κ1) is 15.1. The van der Waals surface area contributed by atoms with Crippen molar-refractivity contribution < 1.29 is 10.2 Å². The Morgan fingerprint density at radius 1 is 1.41 bits per heavy atom. The minimum atomic E-state index is -0.823. The third kappa shape index (κ3) is 2.51. The number of aromatic nitrogens is 3. The van der Waals surface area contributed by atoms with Gasteiger partial charge in [0.25, 0.3) is 5.56 Å². The molecule has 0 aromatic carbocycles. The van der Waals surface area contributed by atoms with Crippen molar-refractivity contribution in [2.75, 3.05) is 6.61 Å². The number of fused-ring (bicyclic) bond motifs is 3. The van der Waals surface area contributed by atoms with Gasteiger partial charge >= 0.3 is 0 Å². The molecule has 0 aliphatic carbocycles. The van der Waals surface area contributed by atoms with Crippen molar-refractivity contribution in [3.63, 3.8) is 0 Å². The van der Waals surface area contributed by atoms with Crippen molar-refractivity contribution in [2.45, 2.75) is 32.9 Å². The molecule has 0 radical (unpaired) electrons. The van der Waals surface area contributed by atoms with Gasteiger partial charge in [-0.25, -0.2) is 9.97 Å². The van der Waals surface area contributed by atoms with Gasteiger partial charge in [0.05, 0.1) is 24.6 Å². The molecule has 0 unspecified atom stereocenters. The molecule has 22 heavy (non-hydrogen) atoms. The molecule has 3 aromatic heterocycles. The Kier molecular flexibility index (Phi) is 3.94. The molecule has 7 heteroatoms. The maximum atomic E-state index is 12.6. The zero-order chi connectivity index (χ0) is 15.9. The quantitative estimate of drug-likeness (QED) is 0.758. The number of aliphatic hydroxyl groups excluding tert-OH is 2. The SMILES string of the molecule is Cc1cc(C)c2c(n1)sc1c(=O)n(CC[C@@H](O)CO)cnc12. The van der Waals surface area contributed by atoms with Crippen molar-refractivity contribution in [1.29, 1.82) is 0 Å². The van der Waals surface area contributed by atoms with Gasteiger partial charge in [-0.05, 0) is 31.9 Å². The van der Waals surface area contributed by atoms with E-state index in [4.69, 9.17) is 5.11 Å². The maximum Gasteiger partial charge on any atom is 0.271 e. The highest BCUT2D eigenvalue weighted by molar-refractivity contribution is 7.25. The molecule has 0 amide bonds. The summed E-state index contributed by atoms with van der Waals surface area (Å²) in [6.45, 7) is 3.94. The number of thiophene rings is 1. The second-order valence-electron chi connectivity index (χ2n) is 5.41.